The number of aryl methyl sites for hydroxylation is 1. The molecule has 0 aromatic carbocycles. The third-order valence-corrected chi connectivity index (χ3v) is 5.40. The highest BCUT2D eigenvalue weighted by Crippen LogP contribution is 2.26. The second-order valence-corrected chi connectivity index (χ2v) is 8.54. The SMILES string of the molecule is CCc1ccc(CNC2CCCC2CNC(=O)OC(C)(C)C)s1. The number of nitrogens with one attached hydrogen (secondary N) is 2. The van der Waals surface area contributed by atoms with E-state index in [1.807, 2.05) is 32.1 Å². The number of amides is 1. The molecule has 1 aliphatic carbocycles. The highest BCUT2D eigenvalue weighted by Gasteiger charge is 2.27. The molecule has 1 fully saturated rings. The monoisotopic (exact) mass is 338 g/mol. The van der Waals surface area contributed by atoms with E-state index in [9.17, 15) is 4.79 Å². The largest absolute Gasteiger partial charge is 0.444 e. The van der Waals surface area contributed by atoms with Gasteiger partial charge in [-0.3, -0.25) is 0 Å². The molecule has 0 saturated heterocycles. The second-order valence-electron chi connectivity index (χ2n) is 7.28. The first-order valence-electron chi connectivity index (χ1n) is 8.65. The van der Waals surface area contributed by atoms with Crippen LogP contribution in [0.4, 0.5) is 4.79 Å². The summed E-state index contributed by atoms with van der Waals surface area (Å²) in [5.74, 6) is 0.494. The number of carbonyl (C=O) groups is 1. The van der Waals surface area contributed by atoms with Gasteiger partial charge in [0.05, 0.1) is 0 Å². The van der Waals surface area contributed by atoms with Crippen molar-refractivity contribution in [3.63, 3.8) is 0 Å². The van der Waals surface area contributed by atoms with Crippen molar-refractivity contribution in [2.24, 2.45) is 5.92 Å². The molecule has 2 unspecified atom stereocenters. The zero-order valence-corrected chi connectivity index (χ0v) is 15.6. The highest BCUT2D eigenvalue weighted by molar-refractivity contribution is 7.11. The van der Waals surface area contributed by atoms with E-state index in [1.54, 1.807) is 0 Å². The first-order chi connectivity index (χ1) is 10.9. The van der Waals surface area contributed by atoms with Gasteiger partial charge in [0.15, 0.2) is 0 Å². The average Bonchev–Trinajstić information content (AvgIpc) is 3.10. The molecule has 130 valence electrons. The maximum absolute atomic E-state index is 11.8. The van der Waals surface area contributed by atoms with Crippen molar-refractivity contribution >= 4 is 17.4 Å². The van der Waals surface area contributed by atoms with Crippen LogP contribution in [0.2, 0.25) is 0 Å². The van der Waals surface area contributed by atoms with E-state index in [-0.39, 0.29) is 6.09 Å². The Morgan fingerprint density at radius 3 is 2.70 bits per heavy atom. The molecule has 0 radical (unpaired) electrons. The lowest BCUT2D eigenvalue weighted by Crippen LogP contribution is -2.40. The number of thiophene rings is 1. The molecule has 1 aromatic heterocycles. The normalized spacial score (nSPS) is 21.4. The van der Waals surface area contributed by atoms with Gasteiger partial charge in [0.25, 0.3) is 0 Å². The number of ether oxygens (including phenoxy) is 1. The minimum absolute atomic E-state index is 0.311. The molecule has 4 nitrogen and oxygen atoms in total. The maximum atomic E-state index is 11.8. The number of alkyl carbamates (subject to hydrolysis) is 1. The van der Waals surface area contributed by atoms with Gasteiger partial charge in [-0.15, -0.1) is 11.3 Å². The maximum Gasteiger partial charge on any atom is 0.407 e. The Morgan fingerprint density at radius 2 is 2.04 bits per heavy atom. The van der Waals surface area contributed by atoms with Crippen molar-refractivity contribution in [2.75, 3.05) is 6.54 Å². The standard InChI is InChI=1S/C18H30N2O2S/c1-5-14-9-10-15(23-14)12-19-16-8-6-7-13(16)11-20-17(21)22-18(2,3)4/h9-10,13,16,19H,5-8,11-12H2,1-4H3,(H,20,21). The van der Waals surface area contributed by atoms with Crippen molar-refractivity contribution in [1.82, 2.24) is 10.6 Å². The number of rotatable bonds is 6. The summed E-state index contributed by atoms with van der Waals surface area (Å²) in [6.45, 7) is 9.47. The molecule has 2 atom stereocenters. The van der Waals surface area contributed by atoms with Gasteiger partial charge >= 0.3 is 6.09 Å². The summed E-state index contributed by atoms with van der Waals surface area (Å²) in [6, 6.07) is 4.93. The van der Waals surface area contributed by atoms with Gasteiger partial charge in [-0.05, 0) is 58.1 Å². The van der Waals surface area contributed by atoms with Crippen LogP contribution in [0.1, 0.15) is 56.7 Å². The minimum atomic E-state index is -0.437. The summed E-state index contributed by atoms with van der Waals surface area (Å²) in [4.78, 5) is 14.6. The summed E-state index contributed by atoms with van der Waals surface area (Å²) in [6.07, 6.45) is 4.37. The van der Waals surface area contributed by atoms with E-state index in [0.29, 0.717) is 18.5 Å². The molecular weight excluding hydrogens is 308 g/mol. The zero-order chi connectivity index (χ0) is 16.9. The Hall–Kier alpha value is -1.07. The van der Waals surface area contributed by atoms with Crippen molar-refractivity contribution in [1.29, 1.82) is 0 Å². The van der Waals surface area contributed by atoms with E-state index in [0.717, 1.165) is 19.4 Å². The summed E-state index contributed by atoms with van der Waals surface area (Å²) in [7, 11) is 0. The second kappa shape index (κ2) is 8.15. The van der Waals surface area contributed by atoms with Gasteiger partial charge in [-0.1, -0.05) is 13.3 Å². The fourth-order valence-electron chi connectivity index (χ4n) is 3.02. The Kier molecular flexibility index (Phi) is 6.48. The zero-order valence-electron chi connectivity index (χ0n) is 14.8. The van der Waals surface area contributed by atoms with Crippen LogP contribution in [-0.2, 0) is 17.7 Å². The summed E-state index contributed by atoms with van der Waals surface area (Å²) < 4.78 is 5.31. The Labute approximate surface area is 144 Å². The van der Waals surface area contributed by atoms with Crippen LogP contribution in [-0.4, -0.2) is 24.3 Å². The average molecular weight is 339 g/mol. The van der Waals surface area contributed by atoms with E-state index in [1.165, 1.54) is 22.6 Å². The molecule has 0 aliphatic heterocycles. The number of carbonyl (C=O) groups excluding carboxylic acids is 1. The van der Waals surface area contributed by atoms with Crippen molar-refractivity contribution in [3.05, 3.63) is 21.9 Å². The van der Waals surface area contributed by atoms with Crippen molar-refractivity contribution in [3.8, 4) is 0 Å². The van der Waals surface area contributed by atoms with Gasteiger partial charge in [0, 0.05) is 28.9 Å². The van der Waals surface area contributed by atoms with E-state index < -0.39 is 5.60 Å². The van der Waals surface area contributed by atoms with Gasteiger partial charge in [0.2, 0.25) is 0 Å². The predicted molar refractivity (Wildman–Crippen MR) is 95.9 cm³/mol. The molecule has 1 aromatic rings. The lowest BCUT2D eigenvalue weighted by Gasteiger charge is -2.23. The van der Waals surface area contributed by atoms with Crippen LogP contribution >= 0.6 is 11.3 Å². The number of hydrogen-bond acceptors (Lipinski definition) is 4. The van der Waals surface area contributed by atoms with Crippen molar-refractivity contribution < 1.29 is 9.53 Å². The Bertz CT molecular complexity index is 507. The lowest BCUT2D eigenvalue weighted by molar-refractivity contribution is 0.0517. The molecule has 1 aliphatic rings. The van der Waals surface area contributed by atoms with E-state index in [4.69, 9.17) is 4.74 Å². The molecule has 2 N–H and O–H groups in total. The van der Waals surface area contributed by atoms with Crippen molar-refractivity contribution in [2.45, 2.75) is 71.6 Å². The van der Waals surface area contributed by atoms with Crippen LogP contribution in [0, 0.1) is 5.92 Å². The first kappa shape index (κ1) is 18.3. The molecule has 1 heterocycles. The first-order valence-corrected chi connectivity index (χ1v) is 9.47. The van der Waals surface area contributed by atoms with Gasteiger partial charge in [0.1, 0.15) is 5.60 Å². The fourth-order valence-corrected chi connectivity index (χ4v) is 3.93. The summed E-state index contributed by atoms with van der Waals surface area (Å²) in [5, 5.41) is 6.60. The van der Waals surface area contributed by atoms with Gasteiger partial charge in [-0.25, -0.2) is 4.79 Å². The molecule has 1 amide bonds. The van der Waals surface area contributed by atoms with E-state index >= 15 is 0 Å². The molecule has 23 heavy (non-hydrogen) atoms. The molecule has 1 saturated carbocycles. The highest BCUT2D eigenvalue weighted by atomic mass is 32.1. The third-order valence-electron chi connectivity index (χ3n) is 4.17. The molecule has 5 heteroatoms. The van der Waals surface area contributed by atoms with Crippen LogP contribution in [0.15, 0.2) is 12.1 Å². The topological polar surface area (TPSA) is 50.4 Å². The Balaban J connectivity index is 1.75. The summed E-state index contributed by atoms with van der Waals surface area (Å²) >= 11 is 1.89. The molecule has 0 bridgehead atoms. The third kappa shape index (κ3) is 6.15. The van der Waals surface area contributed by atoms with Gasteiger partial charge < -0.3 is 15.4 Å². The van der Waals surface area contributed by atoms with Crippen LogP contribution < -0.4 is 10.6 Å². The van der Waals surface area contributed by atoms with Gasteiger partial charge in [-0.2, -0.15) is 0 Å². The summed E-state index contributed by atoms with van der Waals surface area (Å²) in [5.41, 5.74) is -0.437. The lowest BCUT2D eigenvalue weighted by atomic mass is 10.0. The quantitative estimate of drug-likeness (QED) is 0.821. The smallest absolute Gasteiger partial charge is 0.407 e. The van der Waals surface area contributed by atoms with E-state index in [2.05, 4.69) is 29.7 Å². The van der Waals surface area contributed by atoms with Crippen LogP contribution in [0.25, 0.3) is 0 Å². The van der Waals surface area contributed by atoms with Crippen LogP contribution in [0.5, 0.6) is 0 Å². The molecule has 0 spiro atoms. The molecular formula is C18H30N2O2S. The molecule has 2 rings (SSSR count). The Morgan fingerprint density at radius 1 is 1.30 bits per heavy atom. The fraction of sp³-hybridized carbons (Fsp3) is 0.722. The number of hydrogen-bond donors (Lipinski definition) is 2. The minimum Gasteiger partial charge on any atom is -0.444 e. The van der Waals surface area contributed by atoms with Crippen LogP contribution in [0.3, 0.4) is 0 Å². The predicted octanol–water partition coefficient (Wildman–Crippen LogP) is 4.09.